The summed E-state index contributed by atoms with van der Waals surface area (Å²) in [4.78, 5) is 8.94. The first-order valence-corrected chi connectivity index (χ1v) is 8.05. The van der Waals surface area contributed by atoms with Crippen LogP contribution < -0.4 is 10.1 Å². The summed E-state index contributed by atoms with van der Waals surface area (Å²) in [5.41, 5.74) is 4.91. The van der Waals surface area contributed by atoms with Crippen LogP contribution in [-0.4, -0.2) is 21.5 Å². The largest absolute Gasteiger partial charge is 0.497 e. The first kappa shape index (κ1) is 15.2. The highest BCUT2D eigenvalue weighted by molar-refractivity contribution is 5.80. The number of fused-ring (bicyclic) bond motifs is 1. The third kappa shape index (κ3) is 2.80. The fourth-order valence-corrected chi connectivity index (χ4v) is 2.82. The van der Waals surface area contributed by atoms with Crippen LogP contribution in [0.25, 0.3) is 16.9 Å². The summed E-state index contributed by atoms with van der Waals surface area (Å²) in [5.74, 6) is 1.74. The van der Waals surface area contributed by atoms with Crippen molar-refractivity contribution in [3.8, 4) is 17.0 Å². The number of methoxy groups -OCH3 is 1. The Morgan fingerprint density at radius 1 is 1.04 bits per heavy atom. The van der Waals surface area contributed by atoms with Gasteiger partial charge in [-0.25, -0.2) is 4.98 Å². The quantitative estimate of drug-likeness (QED) is 0.600. The van der Waals surface area contributed by atoms with E-state index in [0.29, 0.717) is 0 Å². The Labute approximate surface area is 145 Å². The number of imidazole rings is 1. The second-order valence-corrected chi connectivity index (χ2v) is 5.78. The molecule has 0 radical (unpaired) electrons. The number of benzene rings is 2. The molecule has 0 unspecified atom stereocenters. The predicted octanol–water partition coefficient (Wildman–Crippen LogP) is 4.46. The summed E-state index contributed by atoms with van der Waals surface area (Å²) in [7, 11) is 1.66. The number of nitrogens with zero attached hydrogens (tertiary/aromatic N) is 3. The molecule has 0 amide bonds. The maximum atomic E-state index is 5.25. The summed E-state index contributed by atoms with van der Waals surface area (Å²) in [6.45, 7) is 2.08. The van der Waals surface area contributed by atoms with Gasteiger partial charge in [-0.3, -0.25) is 9.38 Å². The normalized spacial score (nSPS) is 10.8. The van der Waals surface area contributed by atoms with Crippen LogP contribution in [0.5, 0.6) is 5.75 Å². The summed E-state index contributed by atoms with van der Waals surface area (Å²) >= 11 is 0. The lowest BCUT2D eigenvalue weighted by Gasteiger charge is -2.11. The van der Waals surface area contributed by atoms with Gasteiger partial charge < -0.3 is 10.1 Å². The molecule has 4 rings (SSSR count). The number of rotatable bonds is 4. The van der Waals surface area contributed by atoms with Crippen molar-refractivity contribution < 1.29 is 4.74 Å². The van der Waals surface area contributed by atoms with Gasteiger partial charge in [-0.2, -0.15) is 0 Å². The molecule has 0 aliphatic carbocycles. The van der Waals surface area contributed by atoms with Crippen molar-refractivity contribution in [3.05, 3.63) is 72.7 Å². The fourth-order valence-electron chi connectivity index (χ4n) is 2.82. The molecule has 0 fully saturated rings. The fraction of sp³-hybridized carbons (Fsp3) is 0.100. The van der Waals surface area contributed by atoms with Crippen LogP contribution in [0.15, 0.2) is 67.1 Å². The first-order valence-electron chi connectivity index (χ1n) is 8.05. The molecule has 2 heterocycles. The molecule has 2 aromatic heterocycles. The van der Waals surface area contributed by atoms with Gasteiger partial charge in [-0.1, -0.05) is 18.2 Å². The summed E-state index contributed by atoms with van der Waals surface area (Å²) in [6.07, 6.45) is 5.43. The molecule has 4 aromatic rings. The maximum Gasteiger partial charge on any atom is 0.157 e. The Morgan fingerprint density at radius 3 is 2.60 bits per heavy atom. The number of nitrogens with one attached hydrogen (secondary N) is 1. The molecule has 5 heteroatoms. The van der Waals surface area contributed by atoms with Gasteiger partial charge in [0, 0.05) is 23.6 Å². The molecule has 0 bridgehead atoms. The second kappa shape index (κ2) is 6.28. The van der Waals surface area contributed by atoms with E-state index in [4.69, 9.17) is 9.72 Å². The van der Waals surface area contributed by atoms with Crippen LogP contribution >= 0.6 is 0 Å². The topological polar surface area (TPSA) is 51.5 Å². The molecule has 0 saturated carbocycles. The van der Waals surface area contributed by atoms with E-state index in [9.17, 15) is 0 Å². The summed E-state index contributed by atoms with van der Waals surface area (Å²) in [5, 5.41) is 3.53. The summed E-state index contributed by atoms with van der Waals surface area (Å²) < 4.78 is 7.27. The van der Waals surface area contributed by atoms with Crippen LogP contribution in [-0.2, 0) is 0 Å². The third-order valence-electron chi connectivity index (χ3n) is 4.19. The number of hydrogen-bond acceptors (Lipinski definition) is 4. The van der Waals surface area contributed by atoms with Crippen molar-refractivity contribution >= 4 is 17.2 Å². The van der Waals surface area contributed by atoms with Gasteiger partial charge in [0.2, 0.25) is 0 Å². The highest BCUT2D eigenvalue weighted by Gasteiger charge is 2.15. The van der Waals surface area contributed by atoms with E-state index in [2.05, 4.69) is 29.4 Å². The van der Waals surface area contributed by atoms with Crippen molar-refractivity contribution in [2.24, 2.45) is 0 Å². The predicted molar refractivity (Wildman–Crippen MR) is 99.4 cm³/mol. The molecule has 0 saturated heterocycles. The number of para-hydroxylation sites is 1. The zero-order chi connectivity index (χ0) is 17.2. The van der Waals surface area contributed by atoms with Gasteiger partial charge in [0.05, 0.1) is 13.3 Å². The number of ether oxygens (including phenoxy) is 1. The number of hydrogen-bond donors (Lipinski definition) is 1. The lowest BCUT2D eigenvalue weighted by Crippen LogP contribution is -1.98. The van der Waals surface area contributed by atoms with E-state index in [1.54, 1.807) is 19.5 Å². The maximum absolute atomic E-state index is 5.25. The number of aromatic nitrogens is 3. The minimum absolute atomic E-state index is 0.796. The monoisotopic (exact) mass is 330 g/mol. The molecule has 0 atom stereocenters. The van der Waals surface area contributed by atoms with E-state index in [1.165, 1.54) is 5.56 Å². The average Bonchev–Trinajstić information content (AvgIpc) is 3.02. The summed E-state index contributed by atoms with van der Waals surface area (Å²) in [6, 6.07) is 16.1. The van der Waals surface area contributed by atoms with Gasteiger partial charge in [0.1, 0.15) is 17.3 Å². The molecule has 124 valence electrons. The zero-order valence-electron chi connectivity index (χ0n) is 14.1. The van der Waals surface area contributed by atoms with Crippen molar-refractivity contribution in [2.45, 2.75) is 6.92 Å². The number of aryl methyl sites for hydroxylation is 1. The minimum atomic E-state index is 0.796. The molecular weight excluding hydrogens is 312 g/mol. The van der Waals surface area contributed by atoms with Crippen LogP contribution in [0, 0.1) is 6.92 Å². The second-order valence-electron chi connectivity index (χ2n) is 5.78. The lowest BCUT2D eigenvalue weighted by atomic mass is 10.1. The van der Waals surface area contributed by atoms with Crippen LogP contribution in [0.1, 0.15) is 5.56 Å². The highest BCUT2D eigenvalue weighted by Crippen LogP contribution is 2.32. The smallest absolute Gasteiger partial charge is 0.157 e. The molecule has 2 aromatic carbocycles. The molecule has 5 nitrogen and oxygen atoms in total. The average molecular weight is 330 g/mol. The van der Waals surface area contributed by atoms with Gasteiger partial charge in [0.25, 0.3) is 0 Å². The van der Waals surface area contributed by atoms with Crippen molar-refractivity contribution in [2.75, 3.05) is 12.4 Å². The van der Waals surface area contributed by atoms with Gasteiger partial charge >= 0.3 is 0 Å². The van der Waals surface area contributed by atoms with Crippen molar-refractivity contribution in [1.82, 2.24) is 14.4 Å². The molecule has 0 aliphatic rings. The third-order valence-corrected chi connectivity index (χ3v) is 4.19. The van der Waals surface area contributed by atoms with Gasteiger partial charge in [-0.05, 0) is 42.8 Å². The Bertz CT molecular complexity index is 1020. The lowest BCUT2D eigenvalue weighted by molar-refractivity contribution is 0.415. The molecular formula is C20H18N4O. The molecule has 25 heavy (non-hydrogen) atoms. The zero-order valence-corrected chi connectivity index (χ0v) is 14.1. The van der Waals surface area contributed by atoms with Gasteiger partial charge in [0.15, 0.2) is 5.65 Å². The van der Waals surface area contributed by atoms with Gasteiger partial charge in [-0.15, -0.1) is 0 Å². The molecule has 0 spiro atoms. The molecule has 1 N–H and O–H groups in total. The van der Waals surface area contributed by atoms with E-state index in [1.807, 2.05) is 47.0 Å². The molecule has 0 aliphatic heterocycles. The van der Waals surface area contributed by atoms with E-state index in [-0.39, 0.29) is 0 Å². The number of anilines is 2. The Morgan fingerprint density at radius 2 is 1.84 bits per heavy atom. The van der Waals surface area contributed by atoms with E-state index < -0.39 is 0 Å². The minimum Gasteiger partial charge on any atom is -0.497 e. The first-order chi connectivity index (χ1) is 12.3. The highest BCUT2D eigenvalue weighted by atomic mass is 16.5. The Kier molecular flexibility index (Phi) is 3.82. The Hall–Kier alpha value is -3.34. The van der Waals surface area contributed by atoms with Crippen LogP contribution in [0.3, 0.4) is 0 Å². The van der Waals surface area contributed by atoms with E-state index >= 15 is 0 Å². The van der Waals surface area contributed by atoms with Crippen LogP contribution in [0.4, 0.5) is 11.5 Å². The standard InChI is InChI=1S/C20H18N4O/c1-14-5-3-4-6-17(14)22-20-19(15-7-9-16(25-2)10-8-15)23-18-13-21-11-12-24(18)20/h3-13,22H,1-2H3. The van der Waals surface area contributed by atoms with Crippen molar-refractivity contribution in [1.29, 1.82) is 0 Å². The van der Waals surface area contributed by atoms with Crippen LogP contribution in [0.2, 0.25) is 0 Å². The van der Waals surface area contributed by atoms with Crippen molar-refractivity contribution in [3.63, 3.8) is 0 Å². The Balaban J connectivity index is 1.87. The van der Waals surface area contributed by atoms with E-state index in [0.717, 1.165) is 34.2 Å². The SMILES string of the molecule is COc1ccc(-c2nc3cnccn3c2Nc2ccccc2C)cc1.